The fourth-order valence-corrected chi connectivity index (χ4v) is 4.64. The Balaban J connectivity index is 1.48. The van der Waals surface area contributed by atoms with Crippen LogP contribution in [0.15, 0.2) is 24.5 Å². The average molecular weight is 384 g/mol. The van der Waals surface area contributed by atoms with E-state index < -0.39 is 0 Å². The fourth-order valence-electron chi connectivity index (χ4n) is 3.73. The standard InChI is InChI=1S/C19H17FN4O2S/c20-13-1-2-14-11(7-13)3-5-24(14)18-17-19(22-10-21-18)27-16(23-17)8-15(25)12-4-6-26-9-12/h1-2,7,10,12H,3-6,8-9H2. The molecule has 2 aliphatic rings. The number of ether oxygens (including phenoxy) is 1. The maximum absolute atomic E-state index is 13.5. The lowest BCUT2D eigenvalue weighted by molar-refractivity contribution is -0.122. The van der Waals surface area contributed by atoms with Crippen molar-refractivity contribution in [1.82, 2.24) is 15.0 Å². The zero-order valence-electron chi connectivity index (χ0n) is 14.5. The van der Waals surface area contributed by atoms with Crippen LogP contribution in [0.25, 0.3) is 10.3 Å². The predicted octanol–water partition coefficient (Wildman–Crippen LogP) is 3.07. The van der Waals surface area contributed by atoms with Crippen LogP contribution in [-0.4, -0.2) is 40.5 Å². The van der Waals surface area contributed by atoms with Gasteiger partial charge in [-0.1, -0.05) is 11.3 Å². The van der Waals surface area contributed by atoms with Crippen molar-refractivity contribution in [3.05, 3.63) is 40.9 Å². The second-order valence-electron chi connectivity index (χ2n) is 6.84. The fraction of sp³-hybridized carbons (Fsp3) is 0.368. The summed E-state index contributed by atoms with van der Waals surface area (Å²) in [5, 5.41) is 0.752. The number of halogens is 1. The SMILES string of the molecule is O=C(Cc1nc2c(N3CCc4cc(F)ccc43)ncnc2s1)C1CCOC1. The molecule has 1 aromatic carbocycles. The van der Waals surface area contributed by atoms with Crippen molar-refractivity contribution >= 4 is 39.0 Å². The van der Waals surface area contributed by atoms with Gasteiger partial charge in [0.2, 0.25) is 0 Å². The summed E-state index contributed by atoms with van der Waals surface area (Å²) >= 11 is 1.43. The third-order valence-corrected chi connectivity index (χ3v) is 6.09. The molecule has 0 radical (unpaired) electrons. The monoisotopic (exact) mass is 384 g/mol. The Morgan fingerprint density at radius 1 is 1.37 bits per heavy atom. The first-order chi connectivity index (χ1) is 13.2. The van der Waals surface area contributed by atoms with E-state index in [9.17, 15) is 9.18 Å². The summed E-state index contributed by atoms with van der Waals surface area (Å²) in [4.78, 5) is 28.7. The number of fused-ring (bicyclic) bond motifs is 2. The van der Waals surface area contributed by atoms with E-state index in [2.05, 4.69) is 19.9 Å². The molecule has 0 bridgehead atoms. The molecular weight excluding hydrogens is 367 g/mol. The minimum absolute atomic E-state index is 0.0251. The zero-order chi connectivity index (χ0) is 18.4. The number of carbonyl (C=O) groups excluding carboxylic acids is 1. The van der Waals surface area contributed by atoms with Crippen molar-refractivity contribution in [2.45, 2.75) is 19.3 Å². The first-order valence-electron chi connectivity index (χ1n) is 8.96. The van der Waals surface area contributed by atoms with Gasteiger partial charge in [-0.15, -0.1) is 0 Å². The van der Waals surface area contributed by atoms with Crippen LogP contribution < -0.4 is 4.90 Å². The van der Waals surface area contributed by atoms with Crippen molar-refractivity contribution in [3.8, 4) is 0 Å². The van der Waals surface area contributed by atoms with Crippen molar-refractivity contribution in [3.63, 3.8) is 0 Å². The molecule has 4 heterocycles. The average Bonchev–Trinajstić information content (AvgIpc) is 3.39. The Morgan fingerprint density at radius 2 is 2.30 bits per heavy atom. The molecule has 0 saturated carbocycles. The van der Waals surface area contributed by atoms with E-state index in [-0.39, 0.29) is 17.5 Å². The van der Waals surface area contributed by atoms with Gasteiger partial charge in [0.05, 0.1) is 13.0 Å². The van der Waals surface area contributed by atoms with Crippen molar-refractivity contribution in [2.75, 3.05) is 24.7 Å². The predicted molar refractivity (Wildman–Crippen MR) is 100.0 cm³/mol. The summed E-state index contributed by atoms with van der Waals surface area (Å²) in [5.74, 6) is 0.629. The summed E-state index contributed by atoms with van der Waals surface area (Å²) in [6, 6.07) is 4.81. The van der Waals surface area contributed by atoms with Gasteiger partial charge in [0.1, 0.15) is 33.3 Å². The molecular formula is C19H17FN4O2S. The molecule has 5 rings (SSSR count). The van der Waals surface area contributed by atoms with E-state index in [4.69, 9.17) is 4.74 Å². The number of thiazole rings is 1. The molecule has 138 valence electrons. The van der Waals surface area contributed by atoms with Crippen molar-refractivity contribution < 1.29 is 13.9 Å². The van der Waals surface area contributed by atoms with E-state index in [0.717, 1.165) is 40.5 Å². The Morgan fingerprint density at radius 3 is 3.15 bits per heavy atom. The molecule has 1 saturated heterocycles. The maximum atomic E-state index is 13.5. The highest BCUT2D eigenvalue weighted by atomic mass is 32.1. The topological polar surface area (TPSA) is 68.2 Å². The Kier molecular flexibility index (Phi) is 4.09. The summed E-state index contributed by atoms with van der Waals surface area (Å²) in [5.41, 5.74) is 2.61. The number of ketones is 1. The molecule has 1 atom stereocenters. The van der Waals surface area contributed by atoms with E-state index >= 15 is 0 Å². The van der Waals surface area contributed by atoms with Crippen LogP contribution in [0.4, 0.5) is 15.9 Å². The van der Waals surface area contributed by atoms with Crippen LogP contribution in [0.2, 0.25) is 0 Å². The van der Waals surface area contributed by atoms with Gasteiger partial charge in [0, 0.05) is 24.8 Å². The quantitative estimate of drug-likeness (QED) is 0.689. The molecule has 1 fully saturated rings. The highest BCUT2D eigenvalue weighted by molar-refractivity contribution is 7.18. The molecule has 2 aliphatic heterocycles. The van der Waals surface area contributed by atoms with Gasteiger partial charge in [-0.3, -0.25) is 4.79 Å². The largest absolute Gasteiger partial charge is 0.381 e. The summed E-state index contributed by atoms with van der Waals surface area (Å²) in [7, 11) is 0. The Hall–Kier alpha value is -2.45. The molecule has 0 spiro atoms. The number of aromatic nitrogens is 3. The van der Waals surface area contributed by atoms with Crippen LogP contribution in [0.3, 0.4) is 0 Å². The molecule has 0 aliphatic carbocycles. The molecule has 0 N–H and O–H groups in total. The zero-order valence-corrected chi connectivity index (χ0v) is 15.3. The number of rotatable bonds is 4. The normalized spacial score (nSPS) is 19.0. The van der Waals surface area contributed by atoms with Crippen molar-refractivity contribution in [1.29, 1.82) is 0 Å². The smallest absolute Gasteiger partial charge is 0.164 e. The molecule has 2 aromatic heterocycles. The maximum Gasteiger partial charge on any atom is 0.164 e. The first-order valence-corrected chi connectivity index (χ1v) is 9.77. The number of hydrogen-bond acceptors (Lipinski definition) is 7. The van der Waals surface area contributed by atoms with Crippen molar-refractivity contribution in [2.24, 2.45) is 5.92 Å². The second kappa shape index (κ2) is 6.61. The van der Waals surface area contributed by atoms with Gasteiger partial charge in [-0.25, -0.2) is 19.3 Å². The van der Waals surface area contributed by atoms with Gasteiger partial charge >= 0.3 is 0 Å². The van der Waals surface area contributed by atoms with E-state index in [0.29, 0.717) is 31.0 Å². The summed E-state index contributed by atoms with van der Waals surface area (Å²) in [6.07, 6.45) is 3.37. The molecule has 27 heavy (non-hydrogen) atoms. The van der Waals surface area contributed by atoms with Crippen LogP contribution in [0.5, 0.6) is 0 Å². The molecule has 0 amide bonds. The minimum atomic E-state index is -0.228. The lowest BCUT2D eigenvalue weighted by Crippen LogP contribution is -2.17. The number of anilines is 2. The molecule has 8 heteroatoms. The Labute approximate surface area is 159 Å². The first kappa shape index (κ1) is 16.7. The second-order valence-corrected chi connectivity index (χ2v) is 7.90. The van der Waals surface area contributed by atoms with Crippen LogP contribution in [-0.2, 0) is 22.4 Å². The lowest BCUT2D eigenvalue weighted by atomic mass is 10.0. The lowest BCUT2D eigenvalue weighted by Gasteiger charge is -2.18. The van der Waals surface area contributed by atoms with Crippen LogP contribution in [0, 0.1) is 11.7 Å². The number of carbonyl (C=O) groups is 1. The third-order valence-electron chi connectivity index (χ3n) is 5.12. The minimum Gasteiger partial charge on any atom is -0.381 e. The summed E-state index contributed by atoms with van der Waals surface area (Å²) < 4.78 is 18.8. The third kappa shape index (κ3) is 2.98. The van der Waals surface area contributed by atoms with E-state index in [1.165, 1.54) is 23.7 Å². The number of hydrogen-bond donors (Lipinski definition) is 0. The highest BCUT2D eigenvalue weighted by Crippen LogP contribution is 2.37. The van der Waals surface area contributed by atoms with Gasteiger partial charge in [0.15, 0.2) is 5.82 Å². The van der Waals surface area contributed by atoms with Gasteiger partial charge in [0.25, 0.3) is 0 Å². The van der Waals surface area contributed by atoms with E-state index in [1.54, 1.807) is 12.1 Å². The highest BCUT2D eigenvalue weighted by Gasteiger charge is 2.27. The molecule has 6 nitrogen and oxygen atoms in total. The van der Waals surface area contributed by atoms with Gasteiger partial charge in [-0.2, -0.15) is 0 Å². The number of nitrogens with zero attached hydrogens (tertiary/aromatic N) is 4. The van der Waals surface area contributed by atoms with E-state index in [1.807, 2.05) is 0 Å². The Bertz CT molecular complexity index is 1030. The molecule has 1 unspecified atom stereocenters. The number of Topliss-reactive ketones (excluding diaryl/α,β-unsaturated/α-hetero) is 1. The van der Waals surface area contributed by atoms with Gasteiger partial charge < -0.3 is 9.64 Å². The molecule has 3 aromatic rings. The van der Waals surface area contributed by atoms with Crippen LogP contribution in [0.1, 0.15) is 17.0 Å². The summed E-state index contributed by atoms with van der Waals surface area (Å²) in [6.45, 7) is 1.88. The van der Waals surface area contributed by atoms with Crippen LogP contribution >= 0.6 is 11.3 Å². The number of benzene rings is 1. The van der Waals surface area contributed by atoms with Gasteiger partial charge in [-0.05, 0) is 36.6 Å².